The highest BCUT2D eigenvalue weighted by Crippen LogP contribution is 2.30. The van der Waals surface area contributed by atoms with Gasteiger partial charge in [0.25, 0.3) is 0 Å². The fraction of sp³-hybridized carbons (Fsp3) is 0.538. The third-order valence-corrected chi connectivity index (χ3v) is 2.60. The van der Waals surface area contributed by atoms with E-state index in [1.807, 2.05) is 0 Å². The van der Waals surface area contributed by atoms with Gasteiger partial charge in [-0.1, -0.05) is 39.0 Å². The molecule has 14 heavy (non-hydrogen) atoms. The Balaban J connectivity index is 3.16. The van der Waals surface area contributed by atoms with E-state index < -0.39 is 0 Å². The number of anilines is 1. The van der Waals surface area contributed by atoms with Crippen LogP contribution >= 0.6 is 0 Å². The molecule has 0 bridgehead atoms. The Hall–Kier alpha value is -0.980. The lowest BCUT2D eigenvalue weighted by Crippen LogP contribution is -2.22. The predicted octanol–water partition coefficient (Wildman–Crippen LogP) is 3.44. The van der Waals surface area contributed by atoms with Crippen LogP contribution in [0.4, 0.5) is 5.69 Å². The first kappa shape index (κ1) is 11.1. The lowest BCUT2D eigenvalue weighted by molar-refractivity contribution is 0.589. The molecular formula is C13H21N. The van der Waals surface area contributed by atoms with E-state index in [9.17, 15) is 0 Å². The second kappa shape index (κ2) is 4.04. The van der Waals surface area contributed by atoms with Gasteiger partial charge in [0.15, 0.2) is 0 Å². The van der Waals surface area contributed by atoms with Crippen molar-refractivity contribution in [3.05, 3.63) is 29.8 Å². The summed E-state index contributed by atoms with van der Waals surface area (Å²) in [5, 5.41) is 0. The Labute approximate surface area is 87.7 Å². The second-order valence-electron chi connectivity index (χ2n) is 4.78. The van der Waals surface area contributed by atoms with E-state index in [0.717, 1.165) is 6.54 Å². The van der Waals surface area contributed by atoms with Crippen LogP contribution in [0.15, 0.2) is 24.3 Å². The van der Waals surface area contributed by atoms with Crippen molar-refractivity contribution in [3.8, 4) is 0 Å². The third kappa shape index (κ3) is 2.28. The van der Waals surface area contributed by atoms with Gasteiger partial charge in [0.1, 0.15) is 0 Å². The summed E-state index contributed by atoms with van der Waals surface area (Å²) in [5.74, 6) is 0. The zero-order valence-electron chi connectivity index (χ0n) is 9.96. The molecule has 0 heterocycles. The van der Waals surface area contributed by atoms with Crippen LogP contribution in [0.1, 0.15) is 33.3 Å². The molecule has 0 aromatic heterocycles. The molecule has 0 N–H and O–H groups in total. The van der Waals surface area contributed by atoms with E-state index in [1.165, 1.54) is 11.3 Å². The molecule has 1 aromatic rings. The van der Waals surface area contributed by atoms with Gasteiger partial charge in [0, 0.05) is 19.3 Å². The normalized spacial score (nSPS) is 11.5. The number of nitrogens with zero attached hydrogens (tertiary/aromatic N) is 1. The Morgan fingerprint density at radius 2 is 1.71 bits per heavy atom. The fourth-order valence-corrected chi connectivity index (χ4v) is 1.61. The molecule has 0 amide bonds. The molecule has 0 saturated heterocycles. The average molecular weight is 191 g/mol. The highest BCUT2D eigenvalue weighted by molar-refractivity contribution is 5.55. The standard InChI is InChI=1S/C13H21N/c1-6-14(5)12-10-8-7-9-11(12)13(2,3)4/h7-10H,6H2,1-5H3. The van der Waals surface area contributed by atoms with Gasteiger partial charge in [-0.25, -0.2) is 0 Å². The second-order valence-corrected chi connectivity index (χ2v) is 4.78. The first-order valence-electron chi connectivity index (χ1n) is 5.27. The van der Waals surface area contributed by atoms with E-state index in [-0.39, 0.29) is 5.41 Å². The molecule has 1 nitrogen and oxygen atoms in total. The Morgan fingerprint density at radius 1 is 1.14 bits per heavy atom. The van der Waals surface area contributed by atoms with E-state index >= 15 is 0 Å². The number of hydrogen-bond donors (Lipinski definition) is 0. The monoisotopic (exact) mass is 191 g/mol. The molecule has 78 valence electrons. The van der Waals surface area contributed by atoms with Gasteiger partial charge in [0.2, 0.25) is 0 Å². The quantitative estimate of drug-likeness (QED) is 0.692. The van der Waals surface area contributed by atoms with E-state index in [4.69, 9.17) is 0 Å². The van der Waals surface area contributed by atoms with Crippen LogP contribution in [-0.4, -0.2) is 13.6 Å². The van der Waals surface area contributed by atoms with Crippen molar-refractivity contribution in [1.29, 1.82) is 0 Å². The van der Waals surface area contributed by atoms with E-state index in [2.05, 4.69) is 63.9 Å². The molecule has 0 fully saturated rings. The maximum Gasteiger partial charge on any atom is 0.0401 e. The highest BCUT2D eigenvalue weighted by atomic mass is 15.1. The summed E-state index contributed by atoms with van der Waals surface area (Å²) in [6, 6.07) is 8.65. The Kier molecular flexibility index (Phi) is 3.20. The predicted molar refractivity (Wildman–Crippen MR) is 64.1 cm³/mol. The largest absolute Gasteiger partial charge is 0.375 e. The average Bonchev–Trinajstić information content (AvgIpc) is 2.15. The smallest absolute Gasteiger partial charge is 0.0401 e. The molecule has 0 atom stereocenters. The topological polar surface area (TPSA) is 3.24 Å². The van der Waals surface area contributed by atoms with E-state index in [1.54, 1.807) is 0 Å². The van der Waals surface area contributed by atoms with Gasteiger partial charge in [-0.15, -0.1) is 0 Å². The maximum absolute atomic E-state index is 2.29. The summed E-state index contributed by atoms with van der Waals surface area (Å²) in [6.07, 6.45) is 0. The first-order valence-corrected chi connectivity index (χ1v) is 5.27. The van der Waals surface area contributed by atoms with Crippen molar-refractivity contribution in [1.82, 2.24) is 0 Å². The van der Waals surface area contributed by atoms with Gasteiger partial charge in [-0.2, -0.15) is 0 Å². The van der Waals surface area contributed by atoms with Gasteiger partial charge in [-0.05, 0) is 24.0 Å². The number of benzene rings is 1. The van der Waals surface area contributed by atoms with Crippen LogP contribution in [0.25, 0.3) is 0 Å². The maximum atomic E-state index is 2.29. The lowest BCUT2D eigenvalue weighted by atomic mass is 9.85. The SMILES string of the molecule is CCN(C)c1ccccc1C(C)(C)C. The van der Waals surface area contributed by atoms with Gasteiger partial charge in [-0.3, -0.25) is 0 Å². The van der Waals surface area contributed by atoms with Crippen molar-refractivity contribution >= 4 is 5.69 Å². The van der Waals surface area contributed by atoms with Crippen LogP contribution in [0.3, 0.4) is 0 Å². The van der Waals surface area contributed by atoms with Crippen LogP contribution in [0.2, 0.25) is 0 Å². The van der Waals surface area contributed by atoms with Crippen molar-refractivity contribution < 1.29 is 0 Å². The first-order chi connectivity index (χ1) is 6.46. The highest BCUT2D eigenvalue weighted by Gasteiger charge is 2.18. The zero-order chi connectivity index (χ0) is 10.8. The van der Waals surface area contributed by atoms with Crippen molar-refractivity contribution in [2.45, 2.75) is 33.1 Å². The van der Waals surface area contributed by atoms with Crippen LogP contribution < -0.4 is 4.90 Å². The van der Waals surface area contributed by atoms with Crippen molar-refractivity contribution in [3.63, 3.8) is 0 Å². The van der Waals surface area contributed by atoms with Gasteiger partial charge < -0.3 is 4.90 Å². The summed E-state index contributed by atoms with van der Waals surface area (Å²) in [6.45, 7) is 10.0. The molecular weight excluding hydrogens is 170 g/mol. The molecule has 0 aliphatic heterocycles. The third-order valence-electron chi connectivity index (χ3n) is 2.60. The van der Waals surface area contributed by atoms with E-state index in [0.29, 0.717) is 0 Å². The summed E-state index contributed by atoms with van der Waals surface area (Å²) >= 11 is 0. The number of rotatable bonds is 2. The minimum Gasteiger partial charge on any atom is -0.375 e. The molecule has 0 spiro atoms. The molecule has 0 radical (unpaired) electrons. The molecule has 0 aliphatic carbocycles. The fourth-order valence-electron chi connectivity index (χ4n) is 1.61. The van der Waals surface area contributed by atoms with Gasteiger partial charge in [0.05, 0.1) is 0 Å². The molecule has 1 heteroatoms. The van der Waals surface area contributed by atoms with Crippen LogP contribution in [0, 0.1) is 0 Å². The summed E-state index contributed by atoms with van der Waals surface area (Å²) in [7, 11) is 2.14. The van der Waals surface area contributed by atoms with Crippen LogP contribution in [-0.2, 0) is 5.41 Å². The van der Waals surface area contributed by atoms with Gasteiger partial charge >= 0.3 is 0 Å². The number of para-hydroxylation sites is 1. The Bertz CT molecular complexity index is 296. The molecule has 0 aliphatic rings. The summed E-state index contributed by atoms with van der Waals surface area (Å²) < 4.78 is 0. The number of hydrogen-bond acceptors (Lipinski definition) is 1. The molecule has 0 unspecified atom stereocenters. The Morgan fingerprint density at radius 3 is 2.21 bits per heavy atom. The lowest BCUT2D eigenvalue weighted by Gasteiger charge is -2.28. The summed E-state index contributed by atoms with van der Waals surface area (Å²) in [4.78, 5) is 2.29. The van der Waals surface area contributed by atoms with Crippen molar-refractivity contribution in [2.75, 3.05) is 18.5 Å². The minimum atomic E-state index is 0.222. The summed E-state index contributed by atoms with van der Waals surface area (Å²) in [5.41, 5.74) is 2.99. The van der Waals surface area contributed by atoms with Crippen molar-refractivity contribution in [2.24, 2.45) is 0 Å². The molecule has 1 rings (SSSR count). The minimum absolute atomic E-state index is 0.222. The zero-order valence-corrected chi connectivity index (χ0v) is 9.96. The molecule has 1 aromatic carbocycles. The van der Waals surface area contributed by atoms with Crippen LogP contribution in [0.5, 0.6) is 0 Å². The molecule has 0 saturated carbocycles.